The van der Waals surface area contributed by atoms with Gasteiger partial charge in [0.15, 0.2) is 0 Å². The van der Waals surface area contributed by atoms with Gasteiger partial charge in [-0.15, -0.1) is 0 Å². The van der Waals surface area contributed by atoms with Gasteiger partial charge in [-0.05, 0) is 84.9 Å². The summed E-state index contributed by atoms with van der Waals surface area (Å²) in [5, 5.41) is 8.72. The molecule has 2 aromatic heterocycles. The molecule has 8 rings (SSSR count). The van der Waals surface area contributed by atoms with Crippen LogP contribution in [0.2, 0.25) is 0 Å². The van der Waals surface area contributed by atoms with Crippen molar-refractivity contribution in [3.05, 3.63) is 128 Å². The maximum atomic E-state index is 6.41. The molecule has 2 nitrogen and oxygen atoms in total. The summed E-state index contributed by atoms with van der Waals surface area (Å²) >= 11 is 0. The van der Waals surface area contributed by atoms with E-state index in [0.717, 1.165) is 22.3 Å². The number of furan rings is 1. The Labute approximate surface area is 213 Å². The predicted molar refractivity (Wildman–Crippen MR) is 154 cm³/mol. The Bertz CT molecular complexity index is 2020. The molecular weight excluding hydrogens is 450 g/mol. The van der Waals surface area contributed by atoms with Crippen LogP contribution < -0.4 is 0 Å². The fourth-order valence-corrected chi connectivity index (χ4v) is 5.78. The van der Waals surface area contributed by atoms with Gasteiger partial charge in [-0.1, -0.05) is 84.9 Å². The zero-order valence-electron chi connectivity index (χ0n) is 20.0. The van der Waals surface area contributed by atoms with E-state index in [9.17, 15) is 0 Å². The summed E-state index contributed by atoms with van der Waals surface area (Å²) in [4.78, 5) is 4.16. The number of nitrogens with zero attached hydrogens (tertiary/aromatic N) is 1. The largest absolute Gasteiger partial charge is 0.456 e. The maximum Gasteiger partial charge on any atom is 0.136 e. The van der Waals surface area contributed by atoms with Crippen LogP contribution in [-0.4, -0.2) is 4.98 Å². The van der Waals surface area contributed by atoms with Crippen molar-refractivity contribution in [3.63, 3.8) is 0 Å². The molecule has 2 heteroatoms. The molecule has 0 aliphatic carbocycles. The highest BCUT2D eigenvalue weighted by molar-refractivity contribution is 6.28. The van der Waals surface area contributed by atoms with Crippen LogP contribution in [0.3, 0.4) is 0 Å². The Hall–Kier alpha value is -4.95. The van der Waals surface area contributed by atoms with E-state index in [1.54, 1.807) is 0 Å². The van der Waals surface area contributed by atoms with Gasteiger partial charge < -0.3 is 4.42 Å². The van der Waals surface area contributed by atoms with Crippen LogP contribution in [-0.2, 0) is 0 Å². The molecule has 0 aliphatic rings. The molecule has 6 aromatic carbocycles. The predicted octanol–water partition coefficient (Wildman–Crippen LogP) is 9.73. The number of aromatic nitrogens is 1. The highest BCUT2D eigenvalue weighted by Gasteiger charge is 2.18. The second kappa shape index (κ2) is 7.78. The number of rotatable bonds is 3. The van der Waals surface area contributed by atoms with Crippen molar-refractivity contribution in [1.82, 2.24) is 4.98 Å². The fraction of sp³-hybridized carbons (Fsp3) is 0. The van der Waals surface area contributed by atoms with E-state index in [0.29, 0.717) is 0 Å². The van der Waals surface area contributed by atoms with Crippen LogP contribution in [0.15, 0.2) is 132 Å². The van der Waals surface area contributed by atoms with Gasteiger partial charge in [0.1, 0.15) is 11.3 Å². The van der Waals surface area contributed by atoms with Crippen molar-refractivity contribution in [3.8, 4) is 33.6 Å². The highest BCUT2D eigenvalue weighted by atomic mass is 16.3. The van der Waals surface area contributed by atoms with Gasteiger partial charge in [-0.25, -0.2) is 0 Å². The molecule has 0 aliphatic heterocycles. The summed E-state index contributed by atoms with van der Waals surface area (Å²) in [6, 6.07) is 41.2. The van der Waals surface area contributed by atoms with Gasteiger partial charge in [-0.3, -0.25) is 4.98 Å². The second-order valence-electron chi connectivity index (χ2n) is 9.61. The Kier molecular flexibility index (Phi) is 4.26. The number of hydrogen-bond donors (Lipinski definition) is 0. The van der Waals surface area contributed by atoms with E-state index >= 15 is 0 Å². The molecule has 0 radical (unpaired) electrons. The molecule has 0 spiro atoms. The summed E-state index contributed by atoms with van der Waals surface area (Å²) in [6.45, 7) is 0. The smallest absolute Gasteiger partial charge is 0.136 e. The van der Waals surface area contributed by atoms with Crippen molar-refractivity contribution in [2.24, 2.45) is 0 Å². The zero-order valence-corrected chi connectivity index (χ0v) is 20.0. The quantitative estimate of drug-likeness (QED) is 0.240. The second-order valence-corrected chi connectivity index (χ2v) is 9.61. The van der Waals surface area contributed by atoms with E-state index in [1.807, 2.05) is 36.7 Å². The first kappa shape index (κ1) is 20.3. The molecule has 0 atom stereocenters. The fourth-order valence-electron chi connectivity index (χ4n) is 5.78. The molecular formula is C35H21NO. The summed E-state index contributed by atoms with van der Waals surface area (Å²) in [7, 11) is 0. The number of pyridine rings is 1. The molecule has 0 amide bonds. The lowest BCUT2D eigenvalue weighted by atomic mass is 9.86. The molecule has 0 saturated carbocycles. The molecule has 0 unspecified atom stereocenters. The molecule has 37 heavy (non-hydrogen) atoms. The van der Waals surface area contributed by atoms with E-state index in [-0.39, 0.29) is 0 Å². The molecule has 0 bridgehead atoms. The van der Waals surface area contributed by atoms with E-state index < -0.39 is 0 Å². The average Bonchev–Trinajstić information content (AvgIpc) is 3.40. The van der Waals surface area contributed by atoms with Gasteiger partial charge in [0.25, 0.3) is 0 Å². The van der Waals surface area contributed by atoms with Crippen LogP contribution in [0, 0.1) is 0 Å². The normalized spacial score (nSPS) is 11.8. The Morgan fingerprint density at radius 1 is 0.459 bits per heavy atom. The first-order valence-corrected chi connectivity index (χ1v) is 12.5. The minimum absolute atomic E-state index is 0.897. The van der Waals surface area contributed by atoms with Crippen LogP contribution in [0.1, 0.15) is 0 Å². The monoisotopic (exact) mass is 471 g/mol. The minimum Gasteiger partial charge on any atom is -0.456 e. The maximum absolute atomic E-state index is 6.41. The van der Waals surface area contributed by atoms with Crippen molar-refractivity contribution < 1.29 is 4.42 Å². The minimum atomic E-state index is 0.897. The summed E-state index contributed by atoms with van der Waals surface area (Å²) in [5.74, 6) is 0.897. The van der Waals surface area contributed by atoms with Crippen LogP contribution >= 0.6 is 0 Å². The summed E-state index contributed by atoms with van der Waals surface area (Å²) in [5.41, 5.74) is 6.78. The molecule has 172 valence electrons. The standard InChI is InChI=1S/C35H21NO/c1-2-7-32-27(4-1)20-33(37-32)31-21-30(24-10-8-22(9-11-24)23-16-18-36-19-17-23)28-14-12-25-5-3-6-26-13-15-29(31)35(28)34(25)26/h1-21H. The Morgan fingerprint density at radius 3 is 1.86 bits per heavy atom. The highest BCUT2D eigenvalue weighted by Crippen LogP contribution is 2.45. The molecule has 8 aromatic rings. The SMILES string of the molecule is c1ccc2oc(-c3cc(-c4ccc(-c5ccncc5)cc4)c4ccc5cccc6ccc3c4c56)cc2c1. The zero-order chi connectivity index (χ0) is 24.3. The first-order valence-electron chi connectivity index (χ1n) is 12.5. The van der Waals surface area contributed by atoms with Crippen molar-refractivity contribution in [1.29, 1.82) is 0 Å². The van der Waals surface area contributed by atoms with E-state index in [2.05, 4.69) is 96.0 Å². The lowest BCUT2D eigenvalue weighted by Gasteiger charge is -2.17. The van der Waals surface area contributed by atoms with Crippen molar-refractivity contribution in [2.75, 3.05) is 0 Å². The lowest BCUT2D eigenvalue weighted by Crippen LogP contribution is -1.90. The molecule has 2 heterocycles. The summed E-state index contributed by atoms with van der Waals surface area (Å²) < 4.78 is 6.41. The average molecular weight is 472 g/mol. The lowest BCUT2D eigenvalue weighted by molar-refractivity contribution is 0.632. The number of hydrogen-bond acceptors (Lipinski definition) is 2. The topological polar surface area (TPSA) is 26.0 Å². The van der Waals surface area contributed by atoms with E-state index in [1.165, 1.54) is 54.6 Å². The van der Waals surface area contributed by atoms with Gasteiger partial charge >= 0.3 is 0 Å². The third kappa shape index (κ3) is 3.09. The summed E-state index contributed by atoms with van der Waals surface area (Å²) in [6.07, 6.45) is 3.67. The van der Waals surface area contributed by atoms with Gasteiger partial charge in [-0.2, -0.15) is 0 Å². The number of fused-ring (bicyclic) bond motifs is 1. The van der Waals surface area contributed by atoms with Gasteiger partial charge in [0, 0.05) is 23.3 Å². The van der Waals surface area contributed by atoms with Crippen molar-refractivity contribution in [2.45, 2.75) is 0 Å². The third-order valence-corrected chi connectivity index (χ3v) is 7.55. The van der Waals surface area contributed by atoms with Crippen LogP contribution in [0.25, 0.3) is 76.9 Å². The first-order chi connectivity index (χ1) is 18.3. The molecule has 0 N–H and O–H groups in total. The molecule has 0 fully saturated rings. The third-order valence-electron chi connectivity index (χ3n) is 7.55. The van der Waals surface area contributed by atoms with Crippen molar-refractivity contribution >= 4 is 43.3 Å². The van der Waals surface area contributed by atoms with Crippen LogP contribution in [0.4, 0.5) is 0 Å². The van der Waals surface area contributed by atoms with E-state index in [4.69, 9.17) is 4.42 Å². The number of benzene rings is 6. The molecule has 0 saturated heterocycles. The Morgan fingerprint density at radius 2 is 1.11 bits per heavy atom. The number of para-hydroxylation sites is 1. The van der Waals surface area contributed by atoms with Gasteiger partial charge in [0.05, 0.1) is 0 Å². The Balaban J connectivity index is 1.44. The van der Waals surface area contributed by atoms with Gasteiger partial charge in [0.2, 0.25) is 0 Å². The van der Waals surface area contributed by atoms with Crippen LogP contribution in [0.5, 0.6) is 0 Å².